The monoisotopic (exact) mass is 307 g/mol. The lowest BCUT2D eigenvalue weighted by Crippen LogP contribution is -2.32. The fourth-order valence-electron chi connectivity index (χ4n) is 1.60. The van der Waals surface area contributed by atoms with Crippen molar-refractivity contribution in [1.29, 1.82) is 0 Å². The van der Waals surface area contributed by atoms with Crippen LogP contribution in [0.2, 0.25) is 0 Å². The maximum Gasteiger partial charge on any atom is 0.303 e. The van der Waals surface area contributed by atoms with Crippen molar-refractivity contribution in [1.82, 2.24) is 4.72 Å². The predicted molar refractivity (Wildman–Crippen MR) is 67.6 cm³/mol. The molecule has 5 nitrogen and oxygen atoms in total. The molecule has 1 atom stereocenters. The van der Waals surface area contributed by atoms with Crippen molar-refractivity contribution in [3.8, 4) is 0 Å². The van der Waals surface area contributed by atoms with Gasteiger partial charge in [-0.1, -0.05) is 0 Å². The van der Waals surface area contributed by atoms with Crippen molar-refractivity contribution in [3.05, 3.63) is 29.8 Å². The third-order valence-corrected chi connectivity index (χ3v) is 4.17. The fourth-order valence-corrected chi connectivity index (χ4v) is 2.88. The summed E-state index contributed by atoms with van der Waals surface area (Å²) >= 11 is 0. The molecule has 112 valence electrons. The normalized spacial score (nSPS) is 13.2. The maximum atomic E-state index is 13.0. The Hall–Kier alpha value is -1.54. The highest BCUT2D eigenvalue weighted by Gasteiger charge is 2.19. The van der Waals surface area contributed by atoms with E-state index in [1.807, 2.05) is 0 Å². The van der Waals surface area contributed by atoms with Crippen molar-refractivity contribution in [2.24, 2.45) is 0 Å². The molecule has 1 aromatic rings. The standard InChI is InChI=1S/C12H15F2NO4S/c1-8(3-2-4-12(16)17)15-20(18,19)9-5-6-10(13)11(14)7-9/h5-8,15H,2-4H2,1H3,(H,16,17). The molecule has 0 amide bonds. The van der Waals surface area contributed by atoms with Crippen LogP contribution in [0, 0.1) is 11.6 Å². The SMILES string of the molecule is CC(CCCC(=O)O)NS(=O)(=O)c1ccc(F)c(F)c1. The summed E-state index contributed by atoms with van der Waals surface area (Å²) in [5, 5.41) is 8.48. The van der Waals surface area contributed by atoms with Crippen LogP contribution in [-0.2, 0) is 14.8 Å². The van der Waals surface area contributed by atoms with Gasteiger partial charge < -0.3 is 5.11 Å². The van der Waals surface area contributed by atoms with Gasteiger partial charge in [0.1, 0.15) is 0 Å². The van der Waals surface area contributed by atoms with Crippen molar-refractivity contribution in [2.75, 3.05) is 0 Å². The Morgan fingerprint density at radius 1 is 1.35 bits per heavy atom. The third-order valence-electron chi connectivity index (χ3n) is 2.59. The van der Waals surface area contributed by atoms with Crippen molar-refractivity contribution < 1.29 is 27.1 Å². The van der Waals surface area contributed by atoms with Gasteiger partial charge in [-0.15, -0.1) is 0 Å². The molecule has 0 aromatic heterocycles. The minimum Gasteiger partial charge on any atom is -0.481 e. The Morgan fingerprint density at radius 2 is 2.00 bits per heavy atom. The Bertz CT molecular complexity index is 589. The maximum absolute atomic E-state index is 13.0. The van der Waals surface area contributed by atoms with Gasteiger partial charge in [0.2, 0.25) is 10.0 Å². The number of hydrogen-bond acceptors (Lipinski definition) is 3. The number of carbonyl (C=O) groups is 1. The van der Waals surface area contributed by atoms with Gasteiger partial charge in [-0.3, -0.25) is 4.79 Å². The van der Waals surface area contributed by atoms with E-state index in [1.54, 1.807) is 6.92 Å². The van der Waals surface area contributed by atoms with Crippen molar-refractivity contribution >= 4 is 16.0 Å². The number of nitrogens with one attached hydrogen (secondary N) is 1. The predicted octanol–water partition coefficient (Wildman–Crippen LogP) is 1.89. The Labute approximate surface area is 115 Å². The van der Waals surface area contributed by atoms with Crippen LogP contribution in [0.3, 0.4) is 0 Å². The average molecular weight is 307 g/mol. The molecule has 20 heavy (non-hydrogen) atoms. The van der Waals surface area contributed by atoms with E-state index < -0.39 is 33.7 Å². The molecule has 1 rings (SSSR count). The molecule has 0 aliphatic carbocycles. The highest BCUT2D eigenvalue weighted by Crippen LogP contribution is 2.14. The minimum absolute atomic E-state index is 0.0583. The van der Waals surface area contributed by atoms with Gasteiger partial charge in [0.15, 0.2) is 11.6 Å². The quantitative estimate of drug-likeness (QED) is 0.805. The van der Waals surface area contributed by atoms with E-state index in [0.29, 0.717) is 18.9 Å². The number of carboxylic acid groups (broad SMARTS) is 1. The zero-order valence-electron chi connectivity index (χ0n) is 10.8. The lowest BCUT2D eigenvalue weighted by atomic mass is 10.1. The molecular weight excluding hydrogens is 292 g/mol. The topological polar surface area (TPSA) is 83.5 Å². The number of hydrogen-bond donors (Lipinski definition) is 2. The summed E-state index contributed by atoms with van der Waals surface area (Å²) in [7, 11) is -3.95. The van der Waals surface area contributed by atoms with Gasteiger partial charge in [-0.05, 0) is 38.0 Å². The average Bonchev–Trinajstić information content (AvgIpc) is 2.31. The molecule has 0 spiro atoms. The van der Waals surface area contributed by atoms with Crippen LogP contribution in [0.15, 0.2) is 23.1 Å². The number of halogens is 2. The number of benzene rings is 1. The van der Waals surface area contributed by atoms with Crippen LogP contribution in [0.25, 0.3) is 0 Å². The number of aliphatic carboxylic acids is 1. The first-order valence-electron chi connectivity index (χ1n) is 5.91. The van der Waals surface area contributed by atoms with Crippen LogP contribution in [0.4, 0.5) is 8.78 Å². The van der Waals surface area contributed by atoms with Gasteiger partial charge in [0, 0.05) is 12.5 Å². The molecule has 0 saturated carbocycles. The van der Waals surface area contributed by atoms with Crippen LogP contribution < -0.4 is 4.72 Å². The largest absolute Gasteiger partial charge is 0.481 e. The van der Waals surface area contributed by atoms with E-state index in [1.165, 1.54) is 0 Å². The Kier molecular flexibility index (Phi) is 5.58. The van der Waals surface area contributed by atoms with Gasteiger partial charge in [0.25, 0.3) is 0 Å². The van der Waals surface area contributed by atoms with Gasteiger partial charge in [0.05, 0.1) is 4.90 Å². The van der Waals surface area contributed by atoms with E-state index in [2.05, 4.69) is 4.72 Å². The Morgan fingerprint density at radius 3 is 2.55 bits per heavy atom. The summed E-state index contributed by atoms with van der Waals surface area (Å²) < 4.78 is 51.8. The van der Waals surface area contributed by atoms with Crippen molar-refractivity contribution in [2.45, 2.75) is 37.1 Å². The first-order chi connectivity index (χ1) is 9.22. The van der Waals surface area contributed by atoms with E-state index in [9.17, 15) is 22.0 Å². The lowest BCUT2D eigenvalue weighted by Gasteiger charge is -2.13. The number of carboxylic acids is 1. The second kappa shape index (κ2) is 6.76. The van der Waals surface area contributed by atoms with Gasteiger partial charge >= 0.3 is 5.97 Å². The van der Waals surface area contributed by atoms with Gasteiger partial charge in [-0.2, -0.15) is 0 Å². The molecule has 0 aliphatic rings. The molecule has 0 saturated heterocycles. The molecule has 0 bridgehead atoms. The molecule has 2 N–H and O–H groups in total. The summed E-state index contributed by atoms with van der Waals surface area (Å²) in [4.78, 5) is 9.97. The highest BCUT2D eigenvalue weighted by molar-refractivity contribution is 7.89. The van der Waals surface area contributed by atoms with E-state index >= 15 is 0 Å². The fraction of sp³-hybridized carbons (Fsp3) is 0.417. The summed E-state index contributed by atoms with van der Waals surface area (Å²) in [6, 6.07) is 1.79. The van der Waals surface area contributed by atoms with E-state index in [-0.39, 0.29) is 11.3 Å². The molecule has 0 fully saturated rings. The minimum atomic E-state index is -3.95. The van der Waals surface area contributed by atoms with Crippen LogP contribution in [0.1, 0.15) is 26.2 Å². The smallest absolute Gasteiger partial charge is 0.303 e. The summed E-state index contributed by atoms with van der Waals surface area (Å²) in [5.74, 6) is -3.33. The molecule has 1 unspecified atom stereocenters. The molecular formula is C12H15F2NO4S. The van der Waals surface area contributed by atoms with Crippen molar-refractivity contribution in [3.63, 3.8) is 0 Å². The van der Waals surface area contributed by atoms with E-state index in [4.69, 9.17) is 5.11 Å². The first kappa shape index (κ1) is 16.5. The summed E-state index contributed by atoms with van der Waals surface area (Å²) in [6.07, 6.45) is 0.587. The number of rotatable bonds is 7. The zero-order chi connectivity index (χ0) is 15.3. The van der Waals surface area contributed by atoms with E-state index in [0.717, 1.165) is 12.1 Å². The highest BCUT2D eigenvalue weighted by atomic mass is 32.2. The van der Waals surface area contributed by atoms with Crippen LogP contribution in [-0.4, -0.2) is 25.5 Å². The lowest BCUT2D eigenvalue weighted by molar-refractivity contribution is -0.137. The second-order valence-corrected chi connectivity index (χ2v) is 6.10. The van der Waals surface area contributed by atoms with Gasteiger partial charge in [-0.25, -0.2) is 21.9 Å². The third kappa shape index (κ3) is 4.86. The second-order valence-electron chi connectivity index (χ2n) is 4.38. The van der Waals surface area contributed by atoms with Crippen LogP contribution >= 0.6 is 0 Å². The molecule has 0 heterocycles. The molecule has 0 radical (unpaired) electrons. The number of sulfonamides is 1. The van der Waals surface area contributed by atoms with Crippen LogP contribution in [0.5, 0.6) is 0 Å². The zero-order valence-corrected chi connectivity index (χ0v) is 11.6. The molecule has 0 aliphatic heterocycles. The Balaban J connectivity index is 2.69. The first-order valence-corrected chi connectivity index (χ1v) is 7.40. The summed E-state index contributed by atoms with van der Waals surface area (Å²) in [6.45, 7) is 1.57. The molecule has 1 aromatic carbocycles. The molecule has 8 heteroatoms. The summed E-state index contributed by atoms with van der Waals surface area (Å²) in [5.41, 5.74) is 0.